The fraction of sp³-hybridized carbons (Fsp3) is 0.526. The first-order valence-corrected chi connectivity index (χ1v) is 11.9. The molecule has 0 amide bonds. The first-order chi connectivity index (χ1) is 14.2. The van der Waals surface area contributed by atoms with Gasteiger partial charge < -0.3 is 14.9 Å². The molecule has 0 fully saturated rings. The van der Waals surface area contributed by atoms with Crippen molar-refractivity contribution in [2.24, 2.45) is 0 Å². The Labute approximate surface area is 183 Å². The normalized spacial score (nSPS) is 11.1. The molecule has 0 unspecified atom stereocenters. The summed E-state index contributed by atoms with van der Waals surface area (Å²) in [6, 6.07) is 5.01. The third-order valence-electron chi connectivity index (χ3n) is 4.01. The minimum atomic E-state index is -4.29. The third kappa shape index (κ3) is 15.4. The Morgan fingerprint density at radius 1 is 1.23 bits per heavy atom. The maximum atomic E-state index is 11.5. The van der Waals surface area contributed by atoms with Crippen LogP contribution >= 0.6 is 7.91 Å². The van der Waals surface area contributed by atoms with Gasteiger partial charge in [-0.3, -0.25) is 9.45 Å². The molecule has 0 saturated carbocycles. The number of carboxylic acids is 1. The first-order valence-electron chi connectivity index (χ1n) is 9.31. The molecule has 0 heterocycles. The SMILES string of the molecule is CCCCOc1ccc(C(C)(C)CC)cc1S(=O)(=O)O.O=C(O)/C=C/CO.O=P(=O)O. The number of ether oxygens (including phenoxy) is 1. The molecule has 0 aromatic heterocycles. The molecule has 0 spiro atoms. The first kappa shape index (κ1) is 31.1. The van der Waals surface area contributed by atoms with E-state index in [1.807, 2.05) is 33.8 Å². The number of aliphatic hydroxyl groups excluding tert-OH is 1. The summed E-state index contributed by atoms with van der Waals surface area (Å²) >= 11 is 0. The predicted molar refractivity (Wildman–Crippen MR) is 114 cm³/mol. The van der Waals surface area contributed by atoms with Crippen molar-refractivity contribution in [1.82, 2.24) is 0 Å². The molecular weight excluding hydrogens is 451 g/mol. The van der Waals surface area contributed by atoms with Crippen LogP contribution in [0, 0.1) is 0 Å². The van der Waals surface area contributed by atoms with Crippen LogP contribution in [0.25, 0.3) is 0 Å². The monoisotopic (exact) mass is 482 g/mol. The van der Waals surface area contributed by atoms with E-state index in [1.54, 1.807) is 6.07 Å². The van der Waals surface area contributed by atoms with E-state index < -0.39 is 24.0 Å². The zero-order valence-electron chi connectivity index (χ0n) is 18.0. The number of rotatable bonds is 9. The van der Waals surface area contributed by atoms with Crippen LogP contribution in [0.3, 0.4) is 0 Å². The fourth-order valence-corrected chi connectivity index (χ4v) is 2.59. The maximum Gasteiger partial charge on any atom is 0.465 e. The van der Waals surface area contributed by atoms with E-state index in [2.05, 4.69) is 0 Å². The second-order valence-electron chi connectivity index (χ2n) is 6.74. The highest BCUT2D eigenvalue weighted by Gasteiger charge is 2.23. The smallest absolute Gasteiger partial charge is 0.465 e. The van der Waals surface area contributed by atoms with Crippen molar-refractivity contribution in [3.63, 3.8) is 0 Å². The number of carbonyl (C=O) groups is 1. The fourth-order valence-electron chi connectivity index (χ4n) is 1.93. The summed E-state index contributed by atoms with van der Waals surface area (Å²) in [6.45, 7) is 8.36. The number of hydrogen-bond donors (Lipinski definition) is 4. The summed E-state index contributed by atoms with van der Waals surface area (Å²) in [5.41, 5.74) is 0.719. The van der Waals surface area contributed by atoms with Gasteiger partial charge in [0.1, 0.15) is 10.6 Å². The number of unbranched alkanes of at least 4 members (excludes halogenated alkanes) is 1. The van der Waals surface area contributed by atoms with Crippen LogP contribution in [0.15, 0.2) is 35.2 Å². The van der Waals surface area contributed by atoms with Crippen LogP contribution < -0.4 is 4.74 Å². The van der Waals surface area contributed by atoms with E-state index in [-0.39, 0.29) is 22.7 Å². The lowest BCUT2D eigenvalue weighted by Gasteiger charge is -2.24. The molecule has 0 aliphatic rings. The number of aliphatic hydroxyl groups is 1. The zero-order chi connectivity index (χ0) is 24.7. The molecule has 1 aromatic carbocycles. The van der Waals surface area contributed by atoms with Crippen LogP contribution in [0.1, 0.15) is 52.5 Å². The minimum Gasteiger partial charge on any atom is -0.492 e. The van der Waals surface area contributed by atoms with Gasteiger partial charge in [0.15, 0.2) is 0 Å². The minimum absolute atomic E-state index is 0.146. The van der Waals surface area contributed by atoms with Crippen LogP contribution in [-0.2, 0) is 29.5 Å². The lowest BCUT2D eigenvalue weighted by atomic mass is 9.82. The molecule has 1 aromatic rings. The van der Waals surface area contributed by atoms with Crippen molar-refractivity contribution >= 4 is 24.0 Å². The van der Waals surface area contributed by atoms with Gasteiger partial charge in [-0.05, 0) is 36.0 Å². The third-order valence-corrected chi connectivity index (χ3v) is 4.88. The molecule has 1 rings (SSSR count). The van der Waals surface area contributed by atoms with Crippen LogP contribution in [0.4, 0.5) is 0 Å². The molecule has 12 heteroatoms. The molecule has 178 valence electrons. The molecule has 0 aliphatic carbocycles. The van der Waals surface area contributed by atoms with Gasteiger partial charge in [0, 0.05) is 6.08 Å². The Hall–Kier alpha value is -2.04. The summed E-state index contributed by atoms with van der Waals surface area (Å²) in [7, 11) is -7.41. The highest BCUT2D eigenvalue weighted by atomic mass is 32.2. The number of hydrogen-bond acceptors (Lipinski definition) is 7. The van der Waals surface area contributed by atoms with E-state index in [0.717, 1.165) is 37.0 Å². The largest absolute Gasteiger partial charge is 0.492 e. The van der Waals surface area contributed by atoms with E-state index in [9.17, 15) is 17.8 Å². The second-order valence-corrected chi connectivity index (χ2v) is 8.60. The van der Waals surface area contributed by atoms with Gasteiger partial charge in [-0.1, -0.05) is 46.3 Å². The Morgan fingerprint density at radius 3 is 2.13 bits per heavy atom. The van der Waals surface area contributed by atoms with E-state index >= 15 is 0 Å². The Kier molecular flexibility index (Phi) is 15.8. The van der Waals surface area contributed by atoms with Crippen molar-refractivity contribution in [3.8, 4) is 5.75 Å². The summed E-state index contributed by atoms with van der Waals surface area (Å²) in [5, 5.41) is 15.8. The Balaban J connectivity index is 0. The van der Waals surface area contributed by atoms with Crippen molar-refractivity contribution < 1.29 is 46.7 Å². The summed E-state index contributed by atoms with van der Waals surface area (Å²) in [6.07, 6.45) is 4.71. The maximum absolute atomic E-state index is 11.5. The van der Waals surface area contributed by atoms with E-state index in [1.165, 1.54) is 6.07 Å². The van der Waals surface area contributed by atoms with Gasteiger partial charge in [-0.25, -0.2) is 13.9 Å². The number of aliphatic carboxylic acids is 1. The van der Waals surface area contributed by atoms with Gasteiger partial charge in [0.2, 0.25) is 0 Å². The van der Waals surface area contributed by atoms with Gasteiger partial charge in [0.05, 0.1) is 13.2 Å². The average Bonchev–Trinajstić information content (AvgIpc) is 2.66. The van der Waals surface area contributed by atoms with Gasteiger partial charge in [-0.2, -0.15) is 8.42 Å². The summed E-state index contributed by atoms with van der Waals surface area (Å²) in [4.78, 5) is 16.4. The van der Waals surface area contributed by atoms with E-state index in [4.69, 9.17) is 29.0 Å². The average molecular weight is 482 g/mol. The lowest BCUT2D eigenvalue weighted by Crippen LogP contribution is -2.16. The van der Waals surface area contributed by atoms with Gasteiger partial charge >= 0.3 is 13.9 Å². The molecule has 10 nitrogen and oxygen atoms in total. The zero-order valence-corrected chi connectivity index (χ0v) is 19.7. The molecule has 0 bridgehead atoms. The highest BCUT2D eigenvalue weighted by molar-refractivity contribution is 7.86. The highest BCUT2D eigenvalue weighted by Crippen LogP contribution is 2.33. The molecular formula is C19H31O10PS. The summed E-state index contributed by atoms with van der Waals surface area (Å²) in [5.74, 6) is -0.814. The number of benzene rings is 1. The Morgan fingerprint density at radius 2 is 1.77 bits per heavy atom. The molecule has 0 saturated heterocycles. The van der Waals surface area contributed by atoms with Gasteiger partial charge in [0.25, 0.3) is 10.1 Å². The van der Waals surface area contributed by atoms with E-state index in [0.29, 0.717) is 6.61 Å². The standard InChI is InChI=1S/C15H24O4S.C4H6O3.HO3P/c1-5-7-10-19-13-9-8-12(15(3,4)6-2)11-14(13)20(16,17)18;5-3-1-2-4(6)7;1-4(2)3/h8-9,11H,5-7,10H2,1-4H3,(H,16,17,18);1-2,5H,3H2,(H,6,7);(H,1,2,3)/b;2-1+;. The predicted octanol–water partition coefficient (Wildman–Crippen LogP) is 3.49. The van der Waals surface area contributed by atoms with Crippen LogP contribution in [-0.4, -0.2) is 47.3 Å². The van der Waals surface area contributed by atoms with Crippen LogP contribution in [0.5, 0.6) is 5.75 Å². The molecule has 4 N–H and O–H groups in total. The number of carboxylic acid groups (broad SMARTS) is 1. The quantitative estimate of drug-likeness (QED) is 0.176. The Bertz CT molecular complexity index is 866. The lowest BCUT2D eigenvalue weighted by molar-refractivity contribution is -0.131. The van der Waals surface area contributed by atoms with Crippen LogP contribution in [0.2, 0.25) is 0 Å². The molecule has 0 atom stereocenters. The van der Waals surface area contributed by atoms with Crippen molar-refractivity contribution in [1.29, 1.82) is 0 Å². The molecule has 31 heavy (non-hydrogen) atoms. The summed E-state index contributed by atoms with van der Waals surface area (Å²) < 4.78 is 55.1. The van der Waals surface area contributed by atoms with Gasteiger partial charge in [-0.15, -0.1) is 0 Å². The second kappa shape index (κ2) is 15.7. The van der Waals surface area contributed by atoms with Crippen molar-refractivity contribution in [2.45, 2.75) is 57.3 Å². The van der Waals surface area contributed by atoms with Crippen molar-refractivity contribution in [2.75, 3.05) is 13.2 Å². The molecule has 0 radical (unpaired) electrons. The van der Waals surface area contributed by atoms with Crippen molar-refractivity contribution in [3.05, 3.63) is 35.9 Å². The topological polar surface area (TPSA) is 176 Å². The molecule has 0 aliphatic heterocycles.